The summed E-state index contributed by atoms with van der Waals surface area (Å²) in [4.78, 5) is 0. The van der Waals surface area contributed by atoms with Crippen molar-refractivity contribution in [3.8, 4) is 0 Å². The van der Waals surface area contributed by atoms with Crippen LogP contribution in [0.2, 0.25) is 0 Å². The van der Waals surface area contributed by atoms with E-state index in [2.05, 4.69) is 5.32 Å². The Labute approximate surface area is 104 Å². The van der Waals surface area contributed by atoms with Crippen LogP contribution >= 0.6 is 0 Å². The number of rotatable bonds is 2. The number of benzene rings is 1. The van der Waals surface area contributed by atoms with Gasteiger partial charge in [-0.15, -0.1) is 0 Å². The predicted octanol–water partition coefficient (Wildman–Crippen LogP) is 1.22. The van der Waals surface area contributed by atoms with Gasteiger partial charge in [0.25, 0.3) is 0 Å². The second-order valence-corrected chi connectivity index (χ2v) is 4.84. The molecule has 0 aliphatic carbocycles. The molecule has 98 valence electrons. The van der Waals surface area contributed by atoms with Gasteiger partial charge in [-0.25, -0.2) is 8.78 Å². The summed E-state index contributed by atoms with van der Waals surface area (Å²) >= 11 is 0. The maximum Gasteiger partial charge on any atom is 0.159 e. The van der Waals surface area contributed by atoms with Crippen molar-refractivity contribution >= 4 is 0 Å². The van der Waals surface area contributed by atoms with E-state index in [1.807, 2.05) is 0 Å². The standard InChI is InChI=1S/C13H15F2NO2/c14-10-2-1-9(5-11(10)15)13(7-17-8-13)12-6-16-3-4-18-12/h1-2,5,12,16H,3-4,6-8H2. The maximum absolute atomic E-state index is 13.4. The predicted molar refractivity (Wildman–Crippen MR) is 61.5 cm³/mol. The molecule has 1 aromatic rings. The summed E-state index contributed by atoms with van der Waals surface area (Å²) in [5, 5.41) is 3.26. The van der Waals surface area contributed by atoms with Crippen molar-refractivity contribution in [1.82, 2.24) is 5.32 Å². The van der Waals surface area contributed by atoms with Crippen LogP contribution in [0.15, 0.2) is 18.2 Å². The molecule has 1 atom stereocenters. The van der Waals surface area contributed by atoms with Gasteiger partial charge in [0.15, 0.2) is 11.6 Å². The van der Waals surface area contributed by atoms with Gasteiger partial charge in [0.05, 0.1) is 31.3 Å². The van der Waals surface area contributed by atoms with Crippen molar-refractivity contribution in [1.29, 1.82) is 0 Å². The van der Waals surface area contributed by atoms with Gasteiger partial charge in [-0.3, -0.25) is 0 Å². The molecule has 0 aromatic heterocycles. The Morgan fingerprint density at radius 3 is 2.61 bits per heavy atom. The minimum Gasteiger partial charge on any atom is -0.379 e. The van der Waals surface area contributed by atoms with E-state index >= 15 is 0 Å². The van der Waals surface area contributed by atoms with E-state index in [1.165, 1.54) is 12.1 Å². The lowest BCUT2D eigenvalue weighted by atomic mass is 9.73. The number of nitrogens with one attached hydrogen (secondary N) is 1. The van der Waals surface area contributed by atoms with Gasteiger partial charge in [-0.1, -0.05) is 6.07 Å². The summed E-state index contributed by atoms with van der Waals surface area (Å²) in [5.41, 5.74) is 0.406. The Morgan fingerprint density at radius 1 is 1.22 bits per heavy atom. The van der Waals surface area contributed by atoms with Gasteiger partial charge < -0.3 is 14.8 Å². The molecule has 3 nitrogen and oxygen atoms in total. The molecule has 3 rings (SSSR count). The average molecular weight is 255 g/mol. The molecule has 5 heteroatoms. The van der Waals surface area contributed by atoms with Crippen molar-refractivity contribution in [3.05, 3.63) is 35.4 Å². The summed E-state index contributed by atoms with van der Waals surface area (Å²) in [6.07, 6.45) is -0.0511. The van der Waals surface area contributed by atoms with E-state index in [1.54, 1.807) is 6.07 Å². The molecule has 0 radical (unpaired) electrons. The topological polar surface area (TPSA) is 30.5 Å². The van der Waals surface area contributed by atoms with Gasteiger partial charge in [-0.2, -0.15) is 0 Å². The van der Waals surface area contributed by atoms with Crippen molar-refractivity contribution in [2.75, 3.05) is 32.9 Å². The Bertz CT molecular complexity index is 443. The van der Waals surface area contributed by atoms with Crippen LogP contribution in [0.1, 0.15) is 5.56 Å². The number of halogens is 2. The molecule has 1 N–H and O–H groups in total. The van der Waals surface area contributed by atoms with Crippen LogP contribution in [0, 0.1) is 11.6 Å². The first kappa shape index (κ1) is 12.0. The minimum absolute atomic E-state index is 0.0511. The summed E-state index contributed by atoms with van der Waals surface area (Å²) in [7, 11) is 0. The molecule has 0 bridgehead atoms. The van der Waals surface area contributed by atoms with Crippen molar-refractivity contribution < 1.29 is 18.3 Å². The number of morpholine rings is 1. The fraction of sp³-hybridized carbons (Fsp3) is 0.538. The Hall–Kier alpha value is -1.04. The lowest BCUT2D eigenvalue weighted by Crippen LogP contribution is -2.61. The normalized spacial score (nSPS) is 26.7. The molecule has 2 aliphatic heterocycles. The first-order chi connectivity index (χ1) is 8.72. The Balaban J connectivity index is 1.92. The van der Waals surface area contributed by atoms with Gasteiger partial charge >= 0.3 is 0 Å². The highest BCUT2D eigenvalue weighted by atomic mass is 19.2. The third kappa shape index (κ3) is 1.83. The third-order valence-electron chi connectivity index (χ3n) is 3.76. The zero-order valence-corrected chi connectivity index (χ0v) is 9.92. The second kappa shape index (κ2) is 4.57. The number of ether oxygens (including phenoxy) is 2. The number of hydrogen-bond donors (Lipinski definition) is 1. The van der Waals surface area contributed by atoms with Crippen LogP contribution in [-0.2, 0) is 14.9 Å². The fourth-order valence-electron chi connectivity index (χ4n) is 2.59. The SMILES string of the molecule is Fc1ccc(C2(C3CNCCO3)COC2)cc1F. The lowest BCUT2D eigenvalue weighted by Gasteiger charge is -2.48. The Morgan fingerprint density at radius 2 is 2.06 bits per heavy atom. The monoisotopic (exact) mass is 255 g/mol. The molecule has 0 amide bonds. The molecule has 18 heavy (non-hydrogen) atoms. The van der Waals surface area contributed by atoms with E-state index in [-0.39, 0.29) is 11.5 Å². The van der Waals surface area contributed by atoms with Crippen LogP contribution in [0.4, 0.5) is 8.78 Å². The zero-order chi connectivity index (χ0) is 12.6. The van der Waals surface area contributed by atoms with Crippen molar-refractivity contribution in [2.24, 2.45) is 0 Å². The third-order valence-corrected chi connectivity index (χ3v) is 3.76. The Kier molecular flexibility index (Phi) is 3.05. The van der Waals surface area contributed by atoms with Gasteiger partial charge in [0, 0.05) is 13.1 Å². The fourth-order valence-corrected chi connectivity index (χ4v) is 2.59. The molecular formula is C13H15F2NO2. The van der Waals surface area contributed by atoms with E-state index in [9.17, 15) is 8.78 Å². The summed E-state index contributed by atoms with van der Waals surface area (Å²) in [6.45, 7) is 3.15. The van der Waals surface area contributed by atoms with E-state index in [4.69, 9.17) is 9.47 Å². The van der Waals surface area contributed by atoms with Crippen molar-refractivity contribution in [3.63, 3.8) is 0 Å². The van der Waals surface area contributed by atoms with Crippen LogP contribution in [0.25, 0.3) is 0 Å². The molecule has 2 heterocycles. The molecule has 0 spiro atoms. The highest BCUT2D eigenvalue weighted by Crippen LogP contribution is 2.38. The molecular weight excluding hydrogens is 240 g/mol. The molecule has 1 unspecified atom stereocenters. The van der Waals surface area contributed by atoms with Crippen LogP contribution in [-0.4, -0.2) is 39.0 Å². The van der Waals surface area contributed by atoms with Gasteiger partial charge in [-0.05, 0) is 17.7 Å². The lowest BCUT2D eigenvalue weighted by molar-refractivity contribution is -0.146. The first-order valence-electron chi connectivity index (χ1n) is 6.08. The number of hydrogen-bond acceptors (Lipinski definition) is 3. The van der Waals surface area contributed by atoms with Crippen molar-refractivity contribution in [2.45, 2.75) is 11.5 Å². The average Bonchev–Trinajstić information content (AvgIpc) is 2.34. The van der Waals surface area contributed by atoms with Gasteiger partial charge in [0.2, 0.25) is 0 Å². The van der Waals surface area contributed by atoms with Crippen LogP contribution in [0.3, 0.4) is 0 Å². The molecule has 2 fully saturated rings. The maximum atomic E-state index is 13.4. The largest absolute Gasteiger partial charge is 0.379 e. The van der Waals surface area contributed by atoms with E-state index < -0.39 is 11.6 Å². The van der Waals surface area contributed by atoms with Crippen LogP contribution < -0.4 is 5.32 Å². The highest BCUT2D eigenvalue weighted by molar-refractivity contribution is 5.31. The molecule has 2 saturated heterocycles. The van der Waals surface area contributed by atoms with Crippen LogP contribution in [0.5, 0.6) is 0 Å². The quantitative estimate of drug-likeness (QED) is 0.862. The zero-order valence-electron chi connectivity index (χ0n) is 9.92. The van der Waals surface area contributed by atoms with E-state index in [0.717, 1.165) is 12.1 Å². The molecule has 0 saturated carbocycles. The summed E-state index contributed by atoms with van der Waals surface area (Å²) < 4.78 is 37.4. The summed E-state index contributed by atoms with van der Waals surface area (Å²) in [5.74, 6) is -1.64. The highest BCUT2D eigenvalue weighted by Gasteiger charge is 2.48. The smallest absolute Gasteiger partial charge is 0.159 e. The second-order valence-electron chi connectivity index (χ2n) is 4.84. The first-order valence-corrected chi connectivity index (χ1v) is 6.08. The van der Waals surface area contributed by atoms with Gasteiger partial charge in [0.1, 0.15) is 0 Å². The minimum atomic E-state index is -0.822. The van der Waals surface area contributed by atoms with E-state index in [0.29, 0.717) is 26.4 Å². The molecule has 2 aliphatic rings. The molecule has 1 aromatic carbocycles. The summed E-state index contributed by atoms with van der Waals surface area (Å²) in [6, 6.07) is 4.05.